The Labute approximate surface area is 181 Å². The van der Waals surface area contributed by atoms with Crippen LogP contribution in [0.1, 0.15) is 29.2 Å². The number of rotatable bonds is 8. The Morgan fingerprint density at radius 2 is 1.90 bits per heavy atom. The van der Waals surface area contributed by atoms with E-state index in [0.29, 0.717) is 19.1 Å². The highest BCUT2D eigenvalue weighted by Gasteiger charge is 2.31. The first-order valence-electron chi connectivity index (χ1n) is 10.3. The number of aryl methyl sites for hydroxylation is 1. The number of nitrogens with one attached hydrogen (secondary N) is 1. The quantitative estimate of drug-likeness (QED) is 0.566. The first kappa shape index (κ1) is 20.7. The number of anilines is 1. The predicted molar refractivity (Wildman–Crippen MR) is 118 cm³/mol. The molecule has 1 N–H and O–H groups in total. The lowest BCUT2D eigenvalue weighted by Crippen LogP contribution is -2.40. The first-order valence-corrected chi connectivity index (χ1v) is 10.3. The van der Waals surface area contributed by atoms with Gasteiger partial charge in [0.05, 0.1) is 5.70 Å². The maximum Gasteiger partial charge on any atom is 0.251 e. The Morgan fingerprint density at radius 3 is 2.65 bits per heavy atom. The zero-order chi connectivity index (χ0) is 21.6. The van der Waals surface area contributed by atoms with E-state index in [4.69, 9.17) is 4.74 Å². The standard InChI is InChI=1S/C23H26N6O2/c1-17-9-11-19(12-10-17)21-15-20(18-7-4-3-5-8-18)28(23-25-26-27-29(21)23)16-22(30)24-13-6-14-31-2/h3-5,7-12,15,21H,6,13-14,16H2,1-2H3,(H,24,30)/t21-/m0/s1. The van der Waals surface area contributed by atoms with E-state index >= 15 is 0 Å². The SMILES string of the molecule is COCCCNC(=O)CN1C(c2ccccc2)=C[C@@H](c2ccc(C)cc2)n2nnnc21. The summed E-state index contributed by atoms with van der Waals surface area (Å²) in [7, 11) is 1.65. The molecule has 0 radical (unpaired) electrons. The van der Waals surface area contributed by atoms with Gasteiger partial charge in [-0.2, -0.15) is 4.68 Å². The Kier molecular flexibility index (Phi) is 6.37. The highest BCUT2D eigenvalue weighted by molar-refractivity contribution is 5.89. The zero-order valence-electron chi connectivity index (χ0n) is 17.7. The van der Waals surface area contributed by atoms with Crippen LogP contribution in [0.15, 0.2) is 60.7 Å². The number of ether oxygens (including phenoxy) is 1. The van der Waals surface area contributed by atoms with E-state index in [1.165, 1.54) is 5.56 Å². The molecule has 8 nitrogen and oxygen atoms in total. The third-order valence-corrected chi connectivity index (χ3v) is 5.22. The van der Waals surface area contributed by atoms with Crippen molar-refractivity contribution in [2.45, 2.75) is 19.4 Å². The average Bonchev–Trinajstić information content (AvgIpc) is 3.28. The lowest BCUT2D eigenvalue weighted by molar-refractivity contribution is -0.119. The third-order valence-electron chi connectivity index (χ3n) is 5.22. The summed E-state index contributed by atoms with van der Waals surface area (Å²) in [6.07, 6.45) is 2.87. The number of nitrogens with zero attached hydrogens (tertiary/aromatic N) is 5. The van der Waals surface area contributed by atoms with E-state index in [1.807, 2.05) is 35.2 Å². The number of allylic oxidation sites excluding steroid dienone is 1. The molecule has 3 aromatic rings. The summed E-state index contributed by atoms with van der Waals surface area (Å²) in [6, 6.07) is 18.2. The second-order valence-corrected chi connectivity index (χ2v) is 7.48. The molecule has 31 heavy (non-hydrogen) atoms. The van der Waals surface area contributed by atoms with Crippen LogP contribution >= 0.6 is 0 Å². The molecular weight excluding hydrogens is 392 g/mol. The molecule has 1 amide bonds. The smallest absolute Gasteiger partial charge is 0.251 e. The number of methoxy groups -OCH3 is 1. The van der Waals surface area contributed by atoms with E-state index < -0.39 is 0 Å². The van der Waals surface area contributed by atoms with Gasteiger partial charge >= 0.3 is 0 Å². The number of carbonyl (C=O) groups excluding carboxylic acids is 1. The molecule has 160 valence electrons. The van der Waals surface area contributed by atoms with Gasteiger partial charge in [0.1, 0.15) is 12.6 Å². The molecule has 8 heteroatoms. The number of hydrogen-bond donors (Lipinski definition) is 1. The number of benzene rings is 2. The topological polar surface area (TPSA) is 85.2 Å². The molecule has 2 heterocycles. The molecule has 1 aliphatic heterocycles. The van der Waals surface area contributed by atoms with Crippen molar-refractivity contribution in [3.05, 3.63) is 77.4 Å². The fourth-order valence-electron chi connectivity index (χ4n) is 3.63. The molecule has 1 atom stereocenters. The minimum Gasteiger partial charge on any atom is -0.385 e. The lowest BCUT2D eigenvalue weighted by Gasteiger charge is -2.32. The third kappa shape index (κ3) is 4.64. The van der Waals surface area contributed by atoms with Crippen LogP contribution in [-0.2, 0) is 9.53 Å². The molecule has 1 aromatic heterocycles. The van der Waals surface area contributed by atoms with Gasteiger partial charge in [0.15, 0.2) is 0 Å². The van der Waals surface area contributed by atoms with Crippen molar-refractivity contribution in [2.75, 3.05) is 31.7 Å². The van der Waals surface area contributed by atoms with Crippen molar-refractivity contribution in [3.8, 4) is 0 Å². The number of tetrazole rings is 1. The van der Waals surface area contributed by atoms with Gasteiger partial charge in [0, 0.05) is 20.3 Å². The minimum absolute atomic E-state index is 0.0960. The van der Waals surface area contributed by atoms with Crippen molar-refractivity contribution >= 4 is 17.6 Å². The molecule has 0 spiro atoms. The van der Waals surface area contributed by atoms with Crippen LogP contribution in [0.2, 0.25) is 0 Å². The molecule has 0 saturated heterocycles. The van der Waals surface area contributed by atoms with E-state index in [0.717, 1.165) is 23.2 Å². The summed E-state index contributed by atoms with van der Waals surface area (Å²) in [6.45, 7) is 3.34. The monoisotopic (exact) mass is 418 g/mol. The molecule has 2 aromatic carbocycles. The fraction of sp³-hybridized carbons (Fsp3) is 0.304. The molecule has 0 fully saturated rings. The van der Waals surface area contributed by atoms with Gasteiger partial charge in [-0.1, -0.05) is 65.3 Å². The van der Waals surface area contributed by atoms with Crippen LogP contribution in [0.5, 0.6) is 0 Å². The highest BCUT2D eigenvalue weighted by Crippen LogP contribution is 2.35. The van der Waals surface area contributed by atoms with Gasteiger partial charge in [-0.15, -0.1) is 0 Å². The van der Waals surface area contributed by atoms with Gasteiger partial charge in [0.2, 0.25) is 5.91 Å². The summed E-state index contributed by atoms with van der Waals surface area (Å²) >= 11 is 0. The van der Waals surface area contributed by atoms with Crippen LogP contribution in [0.4, 0.5) is 5.95 Å². The van der Waals surface area contributed by atoms with Crippen molar-refractivity contribution < 1.29 is 9.53 Å². The zero-order valence-corrected chi connectivity index (χ0v) is 17.7. The van der Waals surface area contributed by atoms with Crippen molar-refractivity contribution in [2.24, 2.45) is 0 Å². The lowest BCUT2D eigenvalue weighted by atomic mass is 10.00. The first-order chi connectivity index (χ1) is 15.2. The molecule has 0 aliphatic carbocycles. The number of aromatic nitrogens is 4. The van der Waals surface area contributed by atoms with E-state index in [9.17, 15) is 4.79 Å². The number of fused-ring (bicyclic) bond motifs is 1. The van der Waals surface area contributed by atoms with Gasteiger partial charge in [-0.05, 0) is 41.0 Å². The molecule has 4 rings (SSSR count). The van der Waals surface area contributed by atoms with Crippen LogP contribution in [0, 0.1) is 6.92 Å². The maximum atomic E-state index is 12.7. The average molecular weight is 419 g/mol. The minimum atomic E-state index is -0.165. The maximum absolute atomic E-state index is 12.7. The predicted octanol–water partition coefficient (Wildman–Crippen LogP) is 2.58. The Bertz CT molecular complexity index is 1050. The van der Waals surface area contributed by atoms with Crippen molar-refractivity contribution in [1.29, 1.82) is 0 Å². The van der Waals surface area contributed by atoms with Crippen LogP contribution in [0.3, 0.4) is 0 Å². The van der Waals surface area contributed by atoms with Crippen LogP contribution in [-0.4, -0.2) is 52.9 Å². The van der Waals surface area contributed by atoms with Crippen molar-refractivity contribution in [1.82, 2.24) is 25.5 Å². The van der Waals surface area contributed by atoms with E-state index in [1.54, 1.807) is 11.8 Å². The van der Waals surface area contributed by atoms with E-state index in [2.05, 4.69) is 58.1 Å². The number of hydrogen-bond acceptors (Lipinski definition) is 6. The number of amides is 1. The fourth-order valence-corrected chi connectivity index (χ4v) is 3.63. The van der Waals surface area contributed by atoms with Gasteiger partial charge in [-0.25, -0.2) is 0 Å². The normalized spacial score (nSPS) is 15.4. The summed E-state index contributed by atoms with van der Waals surface area (Å²) in [5.74, 6) is 0.445. The molecule has 1 aliphatic rings. The largest absolute Gasteiger partial charge is 0.385 e. The summed E-state index contributed by atoms with van der Waals surface area (Å²) in [5, 5.41) is 15.3. The highest BCUT2D eigenvalue weighted by atomic mass is 16.5. The van der Waals surface area contributed by atoms with Crippen LogP contribution < -0.4 is 10.2 Å². The number of carbonyl (C=O) groups is 1. The Balaban J connectivity index is 1.68. The molecule has 0 unspecified atom stereocenters. The summed E-state index contributed by atoms with van der Waals surface area (Å²) in [5.41, 5.74) is 4.17. The molecule has 0 saturated carbocycles. The van der Waals surface area contributed by atoms with Gasteiger partial charge in [0.25, 0.3) is 5.95 Å². The van der Waals surface area contributed by atoms with Gasteiger partial charge in [-0.3, -0.25) is 9.69 Å². The van der Waals surface area contributed by atoms with E-state index in [-0.39, 0.29) is 18.5 Å². The Hall–Kier alpha value is -3.52. The van der Waals surface area contributed by atoms with Crippen LogP contribution in [0.25, 0.3) is 5.70 Å². The second kappa shape index (κ2) is 9.53. The molecule has 0 bridgehead atoms. The summed E-state index contributed by atoms with van der Waals surface area (Å²) in [4.78, 5) is 14.5. The van der Waals surface area contributed by atoms with Gasteiger partial charge < -0.3 is 10.1 Å². The summed E-state index contributed by atoms with van der Waals surface area (Å²) < 4.78 is 6.80. The Morgan fingerprint density at radius 1 is 1.13 bits per heavy atom. The molecular formula is C23H26N6O2. The second-order valence-electron chi connectivity index (χ2n) is 7.48. The van der Waals surface area contributed by atoms with Crippen molar-refractivity contribution in [3.63, 3.8) is 0 Å².